The number of tetrazole rings is 1. The molecule has 0 aliphatic carbocycles. The number of aliphatic hydroxyl groups excluding tert-OH is 1. The third-order valence-electron chi connectivity index (χ3n) is 2.44. The molecule has 1 atom stereocenters. The Hall–Kier alpha value is -1.37. The molecular weight excluding hydrogens is 284 g/mol. The number of hydrogen-bond donors (Lipinski definition) is 1. The predicted octanol–water partition coefficient (Wildman–Crippen LogP) is 2.34. The van der Waals surface area contributed by atoms with E-state index in [1.165, 1.54) is 11.8 Å². The number of aromatic nitrogens is 4. The van der Waals surface area contributed by atoms with Gasteiger partial charge in [-0.15, -0.1) is 11.7 Å². The Kier molecular flexibility index (Phi) is 4.95. The summed E-state index contributed by atoms with van der Waals surface area (Å²) in [7, 11) is 0. The highest BCUT2D eigenvalue weighted by atomic mass is 35.5. The number of benzene rings is 1. The van der Waals surface area contributed by atoms with Crippen molar-refractivity contribution in [2.75, 3.05) is 5.75 Å². The van der Waals surface area contributed by atoms with Crippen LogP contribution in [0.5, 0.6) is 0 Å². The van der Waals surface area contributed by atoms with Crippen LogP contribution in [0.4, 0.5) is 0 Å². The zero-order valence-corrected chi connectivity index (χ0v) is 11.7. The smallest absolute Gasteiger partial charge is 0.209 e. The fourth-order valence-electron chi connectivity index (χ4n) is 1.53. The Balaban J connectivity index is 2.00. The summed E-state index contributed by atoms with van der Waals surface area (Å²) in [6, 6.07) is 7.24. The molecule has 0 spiro atoms. The summed E-state index contributed by atoms with van der Waals surface area (Å²) in [5, 5.41) is 22.6. The summed E-state index contributed by atoms with van der Waals surface area (Å²) in [6.07, 6.45) is 1.05. The molecule has 0 radical (unpaired) electrons. The molecule has 0 bridgehead atoms. The van der Waals surface area contributed by atoms with Crippen LogP contribution in [0.2, 0.25) is 5.02 Å². The molecule has 100 valence electrons. The van der Waals surface area contributed by atoms with E-state index in [0.29, 0.717) is 28.0 Å². The van der Waals surface area contributed by atoms with Crippen LogP contribution in [-0.2, 0) is 6.54 Å². The van der Waals surface area contributed by atoms with Gasteiger partial charge in [0.25, 0.3) is 0 Å². The predicted molar refractivity (Wildman–Crippen MR) is 75.1 cm³/mol. The Morgan fingerprint density at radius 1 is 1.47 bits per heavy atom. The minimum Gasteiger partial charge on any atom is -0.387 e. The first-order valence-electron chi connectivity index (χ1n) is 5.64. The van der Waals surface area contributed by atoms with E-state index in [0.717, 1.165) is 0 Å². The van der Waals surface area contributed by atoms with Crippen molar-refractivity contribution in [2.45, 2.75) is 17.8 Å². The van der Waals surface area contributed by atoms with Crippen LogP contribution in [0.25, 0.3) is 0 Å². The fourth-order valence-corrected chi connectivity index (χ4v) is 2.63. The molecule has 0 saturated carbocycles. The Labute approximate surface area is 120 Å². The molecule has 0 amide bonds. The van der Waals surface area contributed by atoms with E-state index in [9.17, 15) is 5.11 Å². The van der Waals surface area contributed by atoms with Gasteiger partial charge in [0, 0.05) is 10.8 Å². The number of rotatable bonds is 6. The van der Waals surface area contributed by atoms with E-state index in [-0.39, 0.29) is 0 Å². The van der Waals surface area contributed by atoms with Gasteiger partial charge >= 0.3 is 0 Å². The Morgan fingerprint density at radius 2 is 2.26 bits per heavy atom. The molecule has 7 heteroatoms. The normalized spacial score (nSPS) is 12.3. The first-order chi connectivity index (χ1) is 9.22. The van der Waals surface area contributed by atoms with Crippen molar-refractivity contribution in [2.24, 2.45) is 0 Å². The lowest BCUT2D eigenvalue weighted by Crippen LogP contribution is -2.04. The molecule has 0 saturated heterocycles. The van der Waals surface area contributed by atoms with Crippen molar-refractivity contribution in [1.82, 2.24) is 20.2 Å². The number of hydrogen-bond acceptors (Lipinski definition) is 5. The Morgan fingerprint density at radius 3 is 3.00 bits per heavy atom. The molecule has 2 aromatic rings. The quantitative estimate of drug-likeness (QED) is 0.655. The van der Waals surface area contributed by atoms with Gasteiger partial charge in [-0.3, -0.25) is 0 Å². The van der Waals surface area contributed by atoms with Crippen molar-refractivity contribution in [3.63, 3.8) is 0 Å². The molecule has 0 fully saturated rings. The van der Waals surface area contributed by atoms with E-state index >= 15 is 0 Å². The first-order valence-corrected chi connectivity index (χ1v) is 7.01. The minimum absolute atomic E-state index is 0.432. The second-order valence-corrected chi connectivity index (χ2v) is 5.17. The zero-order valence-electron chi connectivity index (χ0n) is 10.1. The van der Waals surface area contributed by atoms with Crippen LogP contribution in [-0.4, -0.2) is 31.1 Å². The molecule has 1 unspecified atom stereocenters. The van der Waals surface area contributed by atoms with Gasteiger partial charge in [-0.25, -0.2) is 4.68 Å². The highest BCUT2D eigenvalue weighted by molar-refractivity contribution is 7.99. The van der Waals surface area contributed by atoms with Gasteiger partial charge < -0.3 is 5.11 Å². The van der Waals surface area contributed by atoms with Gasteiger partial charge in [0.2, 0.25) is 5.16 Å². The molecule has 1 heterocycles. The number of halogens is 1. The summed E-state index contributed by atoms with van der Waals surface area (Å²) in [5.74, 6) is 0.432. The highest BCUT2D eigenvalue weighted by Crippen LogP contribution is 2.27. The average Bonchev–Trinajstić information content (AvgIpc) is 2.84. The Bertz CT molecular complexity index is 560. The van der Waals surface area contributed by atoms with E-state index in [1.807, 2.05) is 12.1 Å². The van der Waals surface area contributed by atoms with E-state index in [2.05, 4.69) is 22.1 Å². The monoisotopic (exact) mass is 296 g/mol. The molecule has 0 aliphatic heterocycles. The zero-order chi connectivity index (χ0) is 13.7. The first kappa shape index (κ1) is 14.0. The molecule has 1 aromatic heterocycles. The summed E-state index contributed by atoms with van der Waals surface area (Å²) in [5.41, 5.74) is 0.708. The number of aliphatic hydroxyl groups is 1. The van der Waals surface area contributed by atoms with Crippen LogP contribution in [0.15, 0.2) is 42.1 Å². The third-order valence-corrected chi connectivity index (χ3v) is 3.81. The molecule has 2 rings (SSSR count). The van der Waals surface area contributed by atoms with Gasteiger partial charge in [0.05, 0.1) is 12.6 Å². The maximum Gasteiger partial charge on any atom is 0.209 e. The molecule has 1 aromatic carbocycles. The van der Waals surface area contributed by atoms with Crippen LogP contribution in [0, 0.1) is 0 Å². The maximum absolute atomic E-state index is 10.1. The summed E-state index contributed by atoms with van der Waals surface area (Å²) < 4.78 is 1.62. The largest absolute Gasteiger partial charge is 0.387 e. The molecule has 19 heavy (non-hydrogen) atoms. The maximum atomic E-state index is 10.1. The summed E-state index contributed by atoms with van der Waals surface area (Å²) in [4.78, 5) is 0. The van der Waals surface area contributed by atoms with Crippen molar-refractivity contribution < 1.29 is 5.11 Å². The van der Waals surface area contributed by atoms with Gasteiger partial charge in [-0.1, -0.05) is 47.6 Å². The van der Waals surface area contributed by atoms with Crippen molar-refractivity contribution in [1.29, 1.82) is 0 Å². The minimum atomic E-state index is -0.660. The number of nitrogens with zero attached hydrogens (tertiary/aromatic N) is 4. The lowest BCUT2D eigenvalue weighted by atomic mass is 10.1. The van der Waals surface area contributed by atoms with E-state index in [1.54, 1.807) is 22.9 Å². The van der Waals surface area contributed by atoms with Crippen LogP contribution < -0.4 is 0 Å². The van der Waals surface area contributed by atoms with Crippen LogP contribution >= 0.6 is 23.4 Å². The number of thioether (sulfide) groups is 1. The second-order valence-electron chi connectivity index (χ2n) is 3.78. The highest BCUT2D eigenvalue weighted by Gasteiger charge is 2.14. The van der Waals surface area contributed by atoms with Gasteiger partial charge in [-0.05, 0) is 22.1 Å². The van der Waals surface area contributed by atoms with Crippen LogP contribution in [0.3, 0.4) is 0 Å². The summed E-state index contributed by atoms with van der Waals surface area (Å²) in [6.45, 7) is 4.18. The van der Waals surface area contributed by atoms with Gasteiger partial charge in [0.1, 0.15) is 0 Å². The lowest BCUT2D eigenvalue weighted by molar-refractivity contribution is 0.204. The topological polar surface area (TPSA) is 63.8 Å². The SMILES string of the molecule is C=CCn1nnnc1SCC(O)c1ccccc1Cl. The van der Waals surface area contributed by atoms with Crippen molar-refractivity contribution in [3.8, 4) is 0 Å². The third kappa shape index (κ3) is 3.56. The fraction of sp³-hybridized carbons (Fsp3) is 0.250. The second kappa shape index (κ2) is 6.70. The molecule has 5 nitrogen and oxygen atoms in total. The molecular formula is C12H13ClN4OS. The van der Waals surface area contributed by atoms with Crippen LogP contribution in [0.1, 0.15) is 11.7 Å². The van der Waals surface area contributed by atoms with Crippen molar-refractivity contribution in [3.05, 3.63) is 47.5 Å². The van der Waals surface area contributed by atoms with E-state index < -0.39 is 6.10 Å². The van der Waals surface area contributed by atoms with Gasteiger partial charge in [-0.2, -0.15) is 0 Å². The lowest BCUT2D eigenvalue weighted by Gasteiger charge is -2.11. The molecule has 0 aliphatic rings. The summed E-state index contributed by atoms with van der Waals surface area (Å²) >= 11 is 7.41. The van der Waals surface area contributed by atoms with Crippen molar-refractivity contribution >= 4 is 23.4 Å². The molecule has 1 N–H and O–H groups in total. The number of allylic oxidation sites excluding steroid dienone is 1. The van der Waals surface area contributed by atoms with E-state index in [4.69, 9.17) is 11.6 Å². The van der Waals surface area contributed by atoms with Gasteiger partial charge in [0.15, 0.2) is 0 Å². The average molecular weight is 297 g/mol. The standard InChI is InChI=1S/C12H13ClN4OS/c1-2-7-17-12(14-15-16-17)19-8-11(18)9-5-3-4-6-10(9)13/h2-6,11,18H,1,7-8H2.